The molecule has 2 rings (SSSR count). The highest BCUT2D eigenvalue weighted by Gasteiger charge is 2.39. The van der Waals surface area contributed by atoms with E-state index in [4.69, 9.17) is 10.00 Å². The SMILES string of the molecule is COC(=O)[C@@H]1C[C@@H](O)[C@H](N(C)Cc2ccc(C#N)cc2)C1. The number of esters is 1. The molecule has 1 fully saturated rings. The Morgan fingerprint density at radius 1 is 1.43 bits per heavy atom. The number of nitriles is 1. The van der Waals surface area contributed by atoms with E-state index >= 15 is 0 Å². The van der Waals surface area contributed by atoms with E-state index in [2.05, 4.69) is 11.0 Å². The van der Waals surface area contributed by atoms with Crippen molar-refractivity contribution < 1.29 is 14.6 Å². The molecule has 1 aromatic carbocycles. The first kappa shape index (κ1) is 15.5. The fourth-order valence-electron chi connectivity index (χ4n) is 2.92. The van der Waals surface area contributed by atoms with Crippen molar-refractivity contribution in [2.24, 2.45) is 5.92 Å². The molecule has 112 valence electrons. The monoisotopic (exact) mass is 288 g/mol. The summed E-state index contributed by atoms with van der Waals surface area (Å²) < 4.78 is 4.76. The van der Waals surface area contributed by atoms with Gasteiger partial charge in [-0.25, -0.2) is 0 Å². The highest BCUT2D eigenvalue weighted by atomic mass is 16.5. The third kappa shape index (κ3) is 3.60. The van der Waals surface area contributed by atoms with Gasteiger partial charge in [-0.1, -0.05) is 12.1 Å². The summed E-state index contributed by atoms with van der Waals surface area (Å²) in [5.41, 5.74) is 1.71. The minimum Gasteiger partial charge on any atom is -0.469 e. The number of carbonyl (C=O) groups excluding carboxylic acids is 1. The van der Waals surface area contributed by atoms with Gasteiger partial charge in [-0.2, -0.15) is 5.26 Å². The Bertz CT molecular complexity index is 535. The molecule has 0 aromatic heterocycles. The maximum Gasteiger partial charge on any atom is 0.308 e. The molecule has 5 nitrogen and oxygen atoms in total. The molecule has 1 N–H and O–H groups in total. The molecular formula is C16H20N2O3. The summed E-state index contributed by atoms with van der Waals surface area (Å²) in [6, 6.07) is 9.43. The summed E-state index contributed by atoms with van der Waals surface area (Å²) in [7, 11) is 3.31. The van der Waals surface area contributed by atoms with E-state index in [9.17, 15) is 9.90 Å². The number of hydrogen-bond donors (Lipinski definition) is 1. The number of methoxy groups -OCH3 is 1. The fourth-order valence-corrected chi connectivity index (χ4v) is 2.92. The van der Waals surface area contributed by atoms with Gasteiger partial charge in [0.05, 0.1) is 30.8 Å². The Labute approximate surface area is 124 Å². The van der Waals surface area contributed by atoms with Crippen LogP contribution in [-0.4, -0.2) is 42.3 Å². The van der Waals surface area contributed by atoms with Gasteiger partial charge in [-0.05, 0) is 37.6 Å². The van der Waals surface area contributed by atoms with Crippen molar-refractivity contribution in [3.63, 3.8) is 0 Å². The second-order valence-corrected chi connectivity index (χ2v) is 5.55. The molecule has 0 aliphatic heterocycles. The number of benzene rings is 1. The van der Waals surface area contributed by atoms with Crippen molar-refractivity contribution in [2.75, 3.05) is 14.2 Å². The fraction of sp³-hybridized carbons (Fsp3) is 0.500. The first-order valence-electron chi connectivity index (χ1n) is 7.00. The number of ether oxygens (including phenoxy) is 1. The molecule has 1 aliphatic carbocycles. The van der Waals surface area contributed by atoms with Gasteiger partial charge < -0.3 is 9.84 Å². The molecule has 5 heteroatoms. The largest absolute Gasteiger partial charge is 0.469 e. The Morgan fingerprint density at radius 3 is 2.67 bits per heavy atom. The quantitative estimate of drug-likeness (QED) is 0.845. The third-order valence-electron chi connectivity index (χ3n) is 4.11. The van der Waals surface area contributed by atoms with Gasteiger partial charge in [0.2, 0.25) is 0 Å². The average molecular weight is 288 g/mol. The number of hydrogen-bond acceptors (Lipinski definition) is 5. The molecule has 1 aliphatic rings. The minimum absolute atomic E-state index is 0.0512. The number of nitrogens with zero attached hydrogens (tertiary/aromatic N) is 2. The van der Waals surface area contributed by atoms with Gasteiger partial charge in [0, 0.05) is 12.6 Å². The first-order chi connectivity index (χ1) is 10.0. The lowest BCUT2D eigenvalue weighted by atomic mass is 10.1. The average Bonchev–Trinajstić information content (AvgIpc) is 2.89. The van der Waals surface area contributed by atoms with E-state index in [1.807, 2.05) is 19.2 Å². The summed E-state index contributed by atoms with van der Waals surface area (Å²) >= 11 is 0. The van der Waals surface area contributed by atoms with Crippen LogP contribution in [0, 0.1) is 17.2 Å². The lowest BCUT2D eigenvalue weighted by Gasteiger charge is -2.27. The molecule has 1 aromatic rings. The maximum absolute atomic E-state index is 11.6. The number of carbonyl (C=O) groups is 1. The molecule has 0 bridgehead atoms. The zero-order valence-corrected chi connectivity index (χ0v) is 12.3. The van der Waals surface area contributed by atoms with Gasteiger partial charge in [-0.3, -0.25) is 9.69 Å². The van der Waals surface area contributed by atoms with Crippen molar-refractivity contribution in [1.82, 2.24) is 4.90 Å². The van der Waals surface area contributed by atoms with Gasteiger partial charge in [-0.15, -0.1) is 0 Å². The Hall–Kier alpha value is -1.90. The van der Waals surface area contributed by atoms with Crippen molar-refractivity contribution in [3.05, 3.63) is 35.4 Å². The summed E-state index contributed by atoms with van der Waals surface area (Å²) in [5.74, 6) is -0.471. The molecular weight excluding hydrogens is 268 g/mol. The van der Waals surface area contributed by atoms with E-state index < -0.39 is 6.10 Å². The third-order valence-corrected chi connectivity index (χ3v) is 4.11. The van der Waals surface area contributed by atoms with Crippen LogP contribution < -0.4 is 0 Å². The van der Waals surface area contributed by atoms with Crippen LogP contribution in [0.25, 0.3) is 0 Å². The molecule has 0 amide bonds. The smallest absolute Gasteiger partial charge is 0.308 e. The van der Waals surface area contributed by atoms with Crippen molar-refractivity contribution in [2.45, 2.75) is 31.5 Å². The highest BCUT2D eigenvalue weighted by molar-refractivity contribution is 5.72. The van der Waals surface area contributed by atoms with Gasteiger partial charge in [0.1, 0.15) is 0 Å². The summed E-state index contributed by atoms with van der Waals surface area (Å²) in [4.78, 5) is 13.6. The highest BCUT2D eigenvalue weighted by Crippen LogP contribution is 2.30. The number of rotatable bonds is 4. The molecule has 0 spiro atoms. The van der Waals surface area contributed by atoms with Crippen LogP contribution in [0.5, 0.6) is 0 Å². The number of aliphatic hydroxyl groups excluding tert-OH is 1. The van der Waals surface area contributed by atoms with Gasteiger partial charge >= 0.3 is 5.97 Å². The maximum atomic E-state index is 11.6. The van der Waals surface area contributed by atoms with E-state index in [0.29, 0.717) is 24.9 Å². The predicted molar refractivity (Wildman–Crippen MR) is 77.2 cm³/mol. The van der Waals surface area contributed by atoms with Crippen LogP contribution in [0.15, 0.2) is 24.3 Å². The predicted octanol–water partition coefficient (Wildman–Crippen LogP) is 1.30. The summed E-state index contributed by atoms with van der Waals surface area (Å²) in [5, 5.41) is 18.9. The molecule has 0 unspecified atom stereocenters. The van der Waals surface area contributed by atoms with E-state index in [1.165, 1.54) is 7.11 Å². The van der Waals surface area contributed by atoms with E-state index in [1.54, 1.807) is 12.1 Å². The second kappa shape index (κ2) is 6.70. The number of aliphatic hydroxyl groups is 1. The Balaban J connectivity index is 1.98. The second-order valence-electron chi connectivity index (χ2n) is 5.55. The van der Waals surface area contributed by atoms with Crippen molar-refractivity contribution in [1.29, 1.82) is 5.26 Å². The zero-order chi connectivity index (χ0) is 15.4. The van der Waals surface area contributed by atoms with Crippen molar-refractivity contribution in [3.8, 4) is 6.07 Å². The first-order valence-corrected chi connectivity index (χ1v) is 7.00. The topological polar surface area (TPSA) is 73.6 Å². The summed E-state index contributed by atoms with van der Waals surface area (Å²) in [6.07, 6.45) is 0.549. The van der Waals surface area contributed by atoms with Crippen LogP contribution in [0.4, 0.5) is 0 Å². The molecule has 21 heavy (non-hydrogen) atoms. The summed E-state index contributed by atoms with van der Waals surface area (Å²) in [6.45, 7) is 0.668. The van der Waals surface area contributed by atoms with Crippen molar-refractivity contribution >= 4 is 5.97 Å². The zero-order valence-electron chi connectivity index (χ0n) is 12.3. The van der Waals surface area contributed by atoms with Crippen LogP contribution in [-0.2, 0) is 16.1 Å². The van der Waals surface area contributed by atoms with Crippen LogP contribution >= 0.6 is 0 Å². The molecule has 3 atom stereocenters. The lowest BCUT2D eigenvalue weighted by Crippen LogP contribution is -2.37. The Morgan fingerprint density at radius 2 is 2.10 bits per heavy atom. The van der Waals surface area contributed by atoms with E-state index in [-0.39, 0.29) is 17.9 Å². The van der Waals surface area contributed by atoms with Gasteiger partial charge in [0.15, 0.2) is 0 Å². The molecule has 0 radical (unpaired) electrons. The van der Waals surface area contributed by atoms with Crippen LogP contribution in [0.1, 0.15) is 24.0 Å². The normalized spacial score (nSPS) is 24.8. The van der Waals surface area contributed by atoms with Crippen LogP contribution in [0.3, 0.4) is 0 Å². The lowest BCUT2D eigenvalue weighted by molar-refractivity contribution is -0.145. The van der Waals surface area contributed by atoms with E-state index in [0.717, 1.165) is 5.56 Å². The minimum atomic E-state index is -0.516. The molecule has 0 saturated heterocycles. The Kier molecular flexibility index (Phi) is 4.94. The van der Waals surface area contributed by atoms with Crippen LogP contribution in [0.2, 0.25) is 0 Å². The molecule has 0 heterocycles. The molecule has 1 saturated carbocycles. The van der Waals surface area contributed by atoms with Gasteiger partial charge in [0.25, 0.3) is 0 Å². The number of likely N-dealkylation sites (N-methyl/N-ethyl adjacent to an activating group) is 1. The standard InChI is InChI=1S/C16H20N2O3/c1-18(10-12-5-3-11(9-17)4-6-12)14-7-13(8-15(14)19)16(20)21-2/h3-6,13-15,19H,7-8,10H2,1-2H3/t13-,14+,15+/m0/s1.